The highest BCUT2D eigenvalue weighted by Gasteiger charge is 2.23. The van der Waals surface area contributed by atoms with Gasteiger partial charge in [-0.3, -0.25) is 14.4 Å². The number of H-pyrrole nitrogens is 1. The topological polar surface area (TPSA) is 143 Å². The Hall–Kier alpha value is -3.28. The molecule has 192 valence electrons. The lowest BCUT2D eigenvalue weighted by Gasteiger charge is -2.28. The fourth-order valence-electron chi connectivity index (χ4n) is 4.35. The number of amides is 2. The summed E-state index contributed by atoms with van der Waals surface area (Å²) < 4.78 is 11.1. The molecule has 0 radical (unpaired) electrons. The van der Waals surface area contributed by atoms with Gasteiger partial charge in [-0.2, -0.15) is 0 Å². The van der Waals surface area contributed by atoms with Gasteiger partial charge >= 0.3 is 0 Å². The van der Waals surface area contributed by atoms with Crippen molar-refractivity contribution >= 4 is 33.4 Å². The van der Waals surface area contributed by atoms with Crippen molar-refractivity contribution in [3.63, 3.8) is 0 Å². The highest BCUT2D eigenvalue weighted by molar-refractivity contribution is 7.16. The van der Waals surface area contributed by atoms with E-state index in [0.29, 0.717) is 28.5 Å². The molecule has 1 aromatic carbocycles. The van der Waals surface area contributed by atoms with Gasteiger partial charge in [-0.25, -0.2) is 4.98 Å². The average Bonchev–Trinajstić information content (AvgIpc) is 3.31. The molecule has 1 aliphatic rings. The molecule has 2 aromatic heterocycles. The zero-order valence-electron chi connectivity index (χ0n) is 20.0. The highest BCUT2D eigenvalue weighted by atomic mass is 32.1. The molecule has 2 heterocycles. The number of carbonyl (C=O) groups is 2. The monoisotopic (exact) mass is 514 g/mol. The molecule has 2 amide bonds. The summed E-state index contributed by atoms with van der Waals surface area (Å²) in [5.41, 5.74) is 1.24. The summed E-state index contributed by atoms with van der Waals surface area (Å²) in [6.07, 6.45) is 3.56. The number of fused-ring (bicyclic) bond motifs is 1. The Morgan fingerprint density at radius 3 is 2.81 bits per heavy atom. The number of hydrogen-bond acceptors (Lipinski definition) is 8. The standard InChI is InChI=1S/C25H30N4O6S/c1-34-19-4-2-3-16(9-19)10-26-24(33)22-28-23(32)21-17(14-36-25(21)29-22)13-35-12-15-5-7-18(8-6-15)27-20(31)11-30/h2-4,9,14-15,18,30H,5-8,10-13H2,1H3,(H,26,33)(H,27,31)(H,28,29,32). The molecule has 11 heteroatoms. The number of aliphatic hydroxyl groups is 1. The van der Waals surface area contributed by atoms with Gasteiger partial charge in [-0.05, 0) is 54.7 Å². The number of methoxy groups -OCH3 is 1. The first kappa shape index (κ1) is 25.8. The second kappa shape index (κ2) is 12.1. The molecule has 0 bridgehead atoms. The van der Waals surface area contributed by atoms with E-state index in [0.717, 1.165) is 36.8 Å². The number of aromatic amines is 1. The number of carbonyl (C=O) groups excluding carboxylic acids is 2. The van der Waals surface area contributed by atoms with E-state index in [9.17, 15) is 14.4 Å². The van der Waals surface area contributed by atoms with E-state index >= 15 is 0 Å². The predicted molar refractivity (Wildman–Crippen MR) is 135 cm³/mol. The lowest BCUT2D eigenvalue weighted by atomic mass is 9.86. The SMILES string of the molecule is COc1cccc(CNC(=O)c2nc3scc(COCC4CCC(NC(=O)CO)CC4)c3c(=O)[nH]2)c1. The Morgan fingerprint density at radius 2 is 2.06 bits per heavy atom. The Bertz CT molecular complexity index is 1260. The smallest absolute Gasteiger partial charge is 0.287 e. The second-order valence-corrected chi connectivity index (χ2v) is 9.71. The van der Waals surface area contributed by atoms with Crippen LogP contribution in [0.5, 0.6) is 5.75 Å². The Morgan fingerprint density at radius 1 is 1.25 bits per heavy atom. The van der Waals surface area contributed by atoms with Crippen LogP contribution in [0.4, 0.5) is 0 Å². The molecule has 0 unspecified atom stereocenters. The van der Waals surface area contributed by atoms with Crippen LogP contribution in [0.3, 0.4) is 0 Å². The number of nitrogens with one attached hydrogen (secondary N) is 3. The maximum atomic E-state index is 12.8. The third-order valence-corrected chi connectivity index (χ3v) is 7.21. The fraction of sp³-hybridized carbons (Fsp3) is 0.440. The van der Waals surface area contributed by atoms with Crippen LogP contribution in [-0.4, -0.2) is 53.3 Å². The minimum absolute atomic E-state index is 0.0326. The predicted octanol–water partition coefficient (Wildman–Crippen LogP) is 2.11. The van der Waals surface area contributed by atoms with Gasteiger partial charge in [0.25, 0.3) is 11.5 Å². The summed E-state index contributed by atoms with van der Waals surface area (Å²) in [6, 6.07) is 7.46. The van der Waals surface area contributed by atoms with E-state index in [1.165, 1.54) is 11.3 Å². The van der Waals surface area contributed by atoms with Crippen LogP contribution in [0.15, 0.2) is 34.4 Å². The van der Waals surface area contributed by atoms with E-state index in [1.54, 1.807) is 7.11 Å². The van der Waals surface area contributed by atoms with Crippen LogP contribution < -0.4 is 20.9 Å². The van der Waals surface area contributed by atoms with Crippen molar-refractivity contribution < 1.29 is 24.2 Å². The van der Waals surface area contributed by atoms with Crippen LogP contribution in [0.25, 0.3) is 10.2 Å². The normalized spacial score (nSPS) is 17.6. The van der Waals surface area contributed by atoms with Crippen molar-refractivity contribution in [3.8, 4) is 5.75 Å². The van der Waals surface area contributed by atoms with Gasteiger partial charge in [0.1, 0.15) is 17.2 Å². The van der Waals surface area contributed by atoms with Crippen LogP contribution in [0.2, 0.25) is 0 Å². The van der Waals surface area contributed by atoms with Gasteiger partial charge in [-0.1, -0.05) is 12.1 Å². The van der Waals surface area contributed by atoms with Crippen molar-refractivity contribution in [2.24, 2.45) is 5.92 Å². The maximum Gasteiger partial charge on any atom is 0.287 e. The van der Waals surface area contributed by atoms with Gasteiger partial charge in [0.05, 0.1) is 19.1 Å². The first-order chi connectivity index (χ1) is 17.5. The van der Waals surface area contributed by atoms with E-state index in [4.69, 9.17) is 14.6 Å². The molecule has 0 atom stereocenters. The van der Waals surface area contributed by atoms with Crippen molar-refractivity contribution in [2.45, 2.75) is 44.9 Å². The Labute approximate surface area is 212 Å². The number of thiophene rings is 1. The molecule has 4 N–H and O–H groups in total. The molecule has 36 heavy (non-hydrogen) atoms. The molecule has 3 aromatic rings. The number of rotatable bonds is 10. The molecule has 1 fully saturated rings. The van der Waals surface area contributed by atoms with Crippen molar-refractivity contribution in [2.75, 3.05) is 20.3 Å². The number of nitrogens with zero attached hydrogens (tertiary/aromatic N) is 1. The van der Waals surface area contributed by atoms with Crippen LogP contribution >= 0.6 is 11.3 Å². The summed E-state index contributed by atoms with van der Waals surface area (Å²) in [7, 11) is 1.58. The highest BCUT2D eigenvalue weighted by Crippen LogP contribution is 2.26. The minimum atomic E-state index is -0.485. The molecule has 0 saturated heterocycles. The summed E-state index contributed by atoms with van der Waals surface area (Å²) in [5.74, 6) is 0.245. The van der Waals surface area contributed by atoms with E-state index < -0.39 is 12.5 Å². The fourth-order valence-corrected chi connectivity index (χ4v) is 5.28. The van der Waals surface area contributed by atoms with Crippen LogP contribution in [0, 0.1) is 5.92 Å². The van der Waals surface area contributed by atoms with Crippen LogP contribution in [-0.2, 0) is 22.7 Å². The molecular formula is C25H30N4O6S. The lowest BCUT2D eigenvalue weighted by molar-refractivity contribution is -0.124. The number of benzene rings is 1. The molecule has 1 aliphatic carbocycles. The molecule has 4 rings (SSSR count). The molecule has 0 spiro atoms. The second-order valence-electron chi connectivity index (χ2n) is 8.85. The Balaban J connectivity index is 1.30. The van der Waals surface area contributed by atoms with E-state index in [-0.39, 0.29) is 36.5 Å². The zero-order chi connectivity index (χ0) is 25.5. The summed E-state index contributed by atoms with van der Waals surface area (Å²) in [6.45, 7) is 0.638. The summed E-state index contributed by atoms with van der Waals surface area (Å²) in [4.78, 5) is 44.1. The first-order valence-electron chi connectivity index (χ1n) is 11.9. The average molecular weight is 515 g/mol. The molecule has 1 saturated carbocycles. The summed E-state index contributed by atoms with van der Waals surface area (Å²) in [5, 5.41) is 16.7. The third-order valence-electron chi connectivity index (χ3n) is 6.29. The van der Waals surface area contributed by atoms with Crippen molar-refractivity contribution in [3.05, 3.63) is 57.0 Å². The van der Waals surface area contributed by atoms with Gasteiger partial charge in [-0.15, -0.1) is 11.3 Å². The quantitative estimate of drug-likeness (QED) is 0.325. The van der Waals surface area contributed by atoms with E-state index in [2.05, 4.69) is 20.6 Å². The van der Waals surface area contributed by atoms with E-state index in [1.807, 2.05) is 29.6 Å². The number of ether oxygens (including phenoxy) is 2. The maximum absolute atomic E-state index is 12.8. The van der Waals surface area contributed by atoms with Crippen molar-refractivity contribution in [1.82, 2.24) is 20.6 Å². The number of hydrogen-bond donors (Lipinski definition) is 4. The van der Waals surface area contributed by atoms with Gasteiger partial charge in [0, 0.05) is 24.8 Å². The molecule has 10 nitrogen and oxygen atoms in total. The minimum Gasteiger partial charge on any atom is -0.497 e. The number of aromatic nitrogens is 2. The largest absolute Gasteiger partial charge is 0.497 e. The zero-order valence-corrected chi connectivity index (χ0v) is 20.9. The van der Waals surface area contributed by atoms with Gasteiger partial charge in [0.15, 0.2) is 0 Å². The number of aliphatic hydroxyl groups excluding tert-OH is 1. The molecular weight excluding hydrogens is 484 g/mol. The third kappa shape index (κ3) is 6.48. The first-order valence-corrected chi connectivity index (χ1v) is 12.7. The lowest BCUT2D eigenvalue weighted by Crippen LogP contribution is -2.39. The Kier molecular flexibility index (Phi) is 8.68. The summed E-state index contributed by atoms with van der Waals surface area (Å²) >= 11 is 1.30. The molecule has 0 aliphatic heterocycles. The van der Waals surface area contributed by atoms with Crippen LogP contribution in [0.1, 0.15) is 47.4 Å². The van der Waals surface area contributed by atoms with Gasteiger partial charge in [0.2, 0.25) is 11.7 Å². The van der Waals surface area contributed by atoms with Crippen molar-refractivity contribution in [1.29, 1.82) is 0 Å². The van der Waals surface area contributed by atoms with Gasteiger partial charge < -0.3 is 30.2 Å².